The second kappa shape index (κ2) is 11.1. The Bertz CT molecular complexity index is 743. The molecule has 0 saturated carbocycles. The summed E-state index contributed by atoms with van der Waals surface area (Å²) >= 11 is 0. The lowest BCUT2D eigenvalue weighted by atomic mass is 10.00. The molecule has 0 radical (unpaired) electrons. The van der Waals surface area contributed by atoms with Gasteiger partial charge in [0.25, 0.3) is 5.91 Å². The first-order chi connectivity index (χ1) is 13.9. The summed E-state index contributed by atoms with van der Waals surface area (Å²) in [5.41, 5.74) is 1.01. The first kappa shape index (κ1) is 23.1. The highest BCUT2D eigenvalue weighted by atomic mass is 16.5. The number of amides is 1. The van der Waals surface area contributed by atoms with Gasteiger partial charge in [0.1, 0.15) is 18.3 Å². The van der Waals surface area contributed by atoms with Gasteiger partial charge in [0.05, 0.1) is 12.6 Å². The molecule has 0 unspecified atom stereocenters. The summed E-state index contributed by atoms with van der Waals surface area (Å²) in [5.74, 6) is 6.05. The van der Waals surface area contributed by atoms with E-state index < -0.39 is 0 Å². The van der Waals surface area contributed by atoms with Crippen molar-refractivity contribution < 1.29 is 19.4 Å². The molecule has 160 valence electrons. The third-order valence-corrected chi connectivity index (χ3v) is 5.07. The van der Waals surface area contributed by atoms with Crippen LogP contribution in [0.25, 0.3) is 0 Å². The fraction of sp³-hybridized carbons (Fsp3) is 0.636. The van der Waals surface area contributed by atoms with Gasteiger partial charge in [0.15, 0.2) is 0 Å². The zero-order valence-corrected chi connectivity index (χ0v) is 18.1. The molecule has 29 heavy (non-hydrogen) atoms. The number of carbonyl (C=O) groups excluding carboxylic acids is 1. The smallest absolute Gasteiger partial charge is 0.259 e. The van der Waals surface area contributed by atoms with Crippen LogP contribution in [-0.4, -0.2) is 84.9 Å². The molecule has 0 aliphatic carbocycles. The van der Waals surface area contributed by atoms with Gasteiger partial charge in [-0.2, -0.15) is 0 Å². The second-order valence-electron chi connectivity index (χ2n) is 7.70. The molecular weight excluding hydrogens is 370 g/mol. The van der Waals surface area contributed by atoms with E-state index in [4.69, 9.17) is 9.47 Å². The molecule has 1 N–H and O–H groups in total. The number of aliphatic hydroxyl groups excluding tert-OH is 1. The lowest BCUT2D eigenvalue weighted by molar-refractivity contribution is 0.0331. The Hall–Kier alpha value is -2.14. The molecule has 2 heterocycles. The first-order valence-corrected chi connectivity index (χ1v) is 10.2. The van der Waals surface area contributed by atoms with Crippen molar-refractivity contribution in [3.63, 3.8) is 0 Å². The van der Waals surface area contributed by atoms with Gasteiger partial charge < -0.3 is 24.4 Å². The quantitative estimate of drug-likeness (QED) is 0.698. The summed E-state index contributed by atoms with van der Waals surface area (Å²) < 4.78 is 11.2. The standard InChI is InChI=1S/C22H33N3O4/c1-6-9-24(4)14-20-16(2)13-25(17(3)15-26)22(27)19-11-18(8-7-10-28-5)12-23-21(19)29-20/h11-12,16-17,20,26H,6,9-10,13-15H2,1-5H3/t16-,17-,20-/m1/s1. The number of ether oxygens (including phenoxy) is 2. The van der Waals surface area contributed by atoms with E-state index in [2.05, 4.69) is 42.6 Å². The van der Waals surface area contributed by atoms with E-state index in [-0.39, 0.29) is 30.6 Å². The predicted octanol–water partition coefficient (Wildman–Crippen LogP) is 1.64. The van der Waals surface area contributed by atoms with E-state index in [0.29, 0.717) is 30.2 Å². The highest BCUT2D eigenvalue weighted by Gasteiger charge is 2.34. The SMILES string of the molecule is CCCN(C)C[C@H]1Oc2ncc(C#CCOC)cc2C(=O)N([C@H](C)CO)C[C@H]1C. The molecule has 2 rings (SSSR count). The van der Waals surface area contributed by atoms with E-state index in [0.717, 1.165) is 19.5 Å². The number of rotatable bonds is 7. The van der Waals surface area contributed by atoms with Gasteiger partial charge in [-0.15, -0.1) is 0 Å². The van der Waals surface area contributed by atoms with Crippen LogP contribution in [0, 0.1) is 17.8 Å². The van der Waals surface area contributed by atoms with Crippen LogP contribution in [0.5, 0.6) is 5.88 Å². The van der Waals surface area contributed by atoms with Gasteiger partial charge in [0, 0.05) is 37.9 Å². The van der Waals surface area contributed by atoms with E-state index >= 15 is 0 Å². The number of fused-ring (bicyclic) bond motifs is 1. The van der Waals surface area contributed by atoms with Crippen molar-refractivity contribution in [2.45, 2.75) is 39.3 Å². The second-order valence-corrected chi connectivity index (χ2v) is 7.70. The van der Waals surface area contributed by atoms with Crippen LogP contribution < -0.4 is 4.74 Å². The third kappa shape index (κ3) is 6.17. The highest BCUT2D eigenvalue weighted by Crippen LogP contribution is 2.27. The lowest BCUT2D eigenvalue weighted by Gasteiger charge is -2.37. The van der Waals surface area contributed by atoms with Crippen molar-refractivity contribution in [1.29, 1.82) is 0 Å². The minimum absolute atomic E-state index is 0.0865. The van der Waals surface area contributed by atoms with Crippen molar-refractivity contribution >= 4 is 5.91 Å². The summed E-state index contributed by atoms with van der Waals surface area (Å²) in [6, 6.07) is 1.42. The number of nitrogens with zero attached hydrogens (tertiary/aromatic N) is 3. The molecule has 0 spiro atoms. The molecule has 0 fully saturated rings. The van der Waals surface area contributed by atoms with E-state index in [1.807, 2.05) is 6.92 Å². The van der Waals surface area contributed by atoms with Crippen LogP contribution in [-0.2, 0) is 4.74 Å². The molecule has 1 aromatic rings. The van der Waals surface area contributed by atoms with E-state index in [1.165, 1.54) is 0 Å². The summed E-state index contributed by atoms with van der Waals surface area (Å²) in [4.78, 5) is 21.6. The van der Waals surface area contributed by atoms with Crippen LogP contribution in [0.2, 0.25) is 0 Å². The summed E-state index contributed by atoms with van der Waals surface area (Å²) in [7, 11) is 3.65. The number of methoxy groups -OCH3 is 1. The highest BCUT2D eigenvalue weighted by molar-refractivity contribution is 5.97. The average molecular weight is 404 g/mol. The van der Waals surface area contributed by atoms with Crippen LogP contribution in [0.15, 0.2) is 12.3 Å². The summed E-state index contributed by atoms with van der Waals surface area (Å²) in [6.45, 7) is 8.48. The van der Waals surface area contributed by atoms with Crippen molar-refractivity contribution in [2.75, 3.05) is 47.0 Å². The molecule has 7 heteroatoms. The van der Waals surface area contributed by atoms with Gasteiger partial charge in [-0.1, -0.05) is 25.7 Å². The normalized spacial score (nSPS) is 20.2. The maximum Gasteiger partial charge on any atom is 0.259 e. The Morgan fingerprint density at radius 2 is 2.28 bits per heavy atom. The molecule has 1 aliphatic rings. The number of carbonyl (C=O) groups is 1. The van der Waals surface area contributed by atoms with Crippen LogP contribution in [0.3, 0.4) is 0 Å². The maximum atomic E-state index is 13.3. The number of aromatic nitrogens is 1. The summed E-state index contributed by atoms with van der Waals surface area (Å²) in [5, 5.41) is 9.70. The Balaban J connectivity index is 2.42. The summed E-state index contributed by atoms with van der Waals surface area (Å²) in [6.07, 6.45) is 2.56. The van der Waals surface area contributed by atoms with Crippen LogP contribution in [0.4, 0.5) is 0 Å². The molecule has 1 amide bonds. The zero-order valence-electron chi connectivity index (χ0n) is 18.1. The average Bonchev–Trinajstić information content (AvgIpc) is 2.70. The zero-order chi connectivity index (χ0) is 21.4. The Morgan fingerprint density at radius 3 is 2.93 bits per heavy atom. The maximum absolute atomic E-state index is 13.3. The van der Waals surface area contributed by atoms with Crippen LogP contribution >= 0.6 is 0 Å². The first-order valence-electron chi connectivity index (χ1n) is 10.2. The fourth-order valence-electron chi connectivity index (χ4n) is 3.38. The molecule has 7 nitrogen and oxygen atoms in total. The van der Waals surface area contributed by atoms with E-state index in [1.54, 1.807) is 24.3 Å². The van der Waals surface area contributed by atoms with Gasteiger partial charge >= 0.3 is 0 Å². The van der Waals surface area contributed by atoms with Crippen molar-refractivity contribution in [1.82, 2.24) is 14.8 Å². The predicted molar refractivity (Wildman–Crippen MR) is 112 cm³/mol. The molecule has 0 bridgehead atoms. The van der Waals surface area contributed by atoms with Gasteiger partial charge in [-0.25, -0.2) is 4.98 Å². The van der Waals surface area contributed by atoms with Crippen molar-refractivity contribution in [2.24, 2.45) is 5.92 Å². The van der Waals surface area contributed by atoms with Crippen molar-refractivity contribution in [3.8, 4) is 17.7 Å². The van der Waals surface area contributed by atoms with Crippen LogP contribution in [0.1, 0.15) is 43.1 Å². The number of hydrogen-bond donors (Lipinski definition) is 1. The van der Waals surface area contributed by atoms with Crippen molar-refractivity contribution in [3.05, 3.63) is 23.4 Å². The number of pyridine rings is 1. The number of aliphatic hydroxyl groups is 1. The third-order valence-electron chi connectivity index (χ3n) is 5.07. The molecule has 1 aliphatic heterocycles. The topological polar surface area (TPSA) is 75.1 Å². The fourth-order valence-corrected chi connectivity index (χ4v) is 3.38. The minimum atomic E-state index is -0.298. The Morgan fingerprint density at radius 1 is 1.52 bits per heavy atom. The van der Waals surface area contributed by atoms with Gasteiger partial charge in [0.2, 0.25) is 5.88 Å². The van der Waals surface area contributed by atoms with Gasteiger partial charge in [-0.3, -0.25) is 4.79 Å². The number of likely N-dealkylation sites (N-methyl/N-ethyl adjacent to an activating group) is 1. The molecule has 0 saturated heterocycles. The minimum Gasteiger partial charge on any atom is -0.472 e. The molecule has 0 aromatic carbocycles. The monoisotopic (exact) mass is 403 g/mol. The lowest BCUT2D eigenvalue weighted by Crippen LogP contribution is -2.50. The molecule has 3 atom stereocenters. The number of hydrogen-bond acceptors (Lipinski definition) is 6. The van der Waals surface area contributed by atoms with Gasteiger partial charge in [-0.05, 0) is 33.0 Å². The Kier molecular flexibility index (Phi) is 8.90. The largest absolute Gasteiger partial charge is 0.472 e. The van der Waals surface area contributed by atoms with E-state index in [9.17, 15) is 9.90 Å². The Labute approximate surface area is 174 Å². The molecule has 1 aromatic heterocycles. The molecular formula is C22H33N3O4.